The van der Waals surface area contributed by atoms with Gasteiger partial charge in [-0.05, 0) is 42.8 Å². The summed E-state index contributed by atoms with van der Waals surface area (Å²) in [5, 5.41) is -0.819. The van der Waals surface area contributed by atoms with Crippen LogP contribution in [-0.4, -0.2) is 34.4 Å². The van der Waals surface area contributed by atoms with Crippen molar-refractivity contribution in [1.29, 1.82) is 0 Å². The summed E-state index contributed by atoms with van der Waals surface area (Å²) < 4.78 is 37.4. The van der Waals surface area contributed by atoms with Crippen LogP contribution in [0.15, 0.2) is 47.4 Å². The number of nitrogens with zero attached hydrogens (tertiary/aromatic N) is 1. The molecular weight excluding hydrogens is 366 g/mol. The normalized spacial score (nSPS) is 11.0. The fraction of sp³-hybridized carbons (Fsp3) is 0.235. The first-order valence-electron chi connectivity index (χ1n) is 7.29. The first-order chi connectivity index (χ1) is 11.8. The van der Waals surface area contributed by atoms with Gasteiger partial charge in [-0.2, -0.15) is 0 Å². The number of methoxy groups -OCH3 is 2. The lowest BCUT2D eigenvalue weighted by molar-refractivity contribution is -0.110. The van der Waals surface area contributed by atoms with E-state index in [9.17, 15) is 13.2 Å². The molecule has 134 valence electrons. The van der Waals surface area contributed by atoms with Crippen LogP contribution in [0.5, 0.6) is 11.5 Å². The third kappa shape index (κ3) is 4.24. The molecule has 0 aliphatic heterocycles. The van der Waals surface area contributed by atoms with Crippen LogP contribution in [-0.2, 0) is 14.8 Å². The standard InChI is InChI=1S/C17H18ClNO5S/c1-12-4-7-14(8-5-12)25(21,22)19(11-17(18)20)15-10-13(23-2)6-9-16(15)24-3/h4-10H,11H2,1-3H3. The van der Waals surface area contributed by atoms with Crippen molar-refractivity contribution >= 4 is 32.6 Å². The maximum absolute atomic E-state index is 13.1. The second kappa shape index (κ2) is 7.76. The van der Waals surface area contributed by atoms with Crippen molar-refractivity contribution in [2.24, 2.45) is 0 Å². The number of halogens is 1. The molecule has 0 radical (unpaired) electrons. The Kier molecular flexibility index (Phi) is 5.92. The van der Waals surface area contributed by atoms with Crippen molar-refractivity contribution in [1.82, 2.24) is 0 Å². The molecule has 0 spiro atoms. The number of benzene rings is 2. The summed E-state index contributed by atoms with van der Waals surface area (Å²) in [6, 6.07) is 11.0. The second-order valence-corrected chi connectivity index (χ2v) is 7.50. The van der Waals surface area contributed by atoms with Crippen molar-refractivity contribution in [3.05, 3.63) is 48.0 Å². The zero-order chi connectivity index (χ0) is 18.6. The second-order valence-electron chi connectivity index (χ2n) is 5.22. The fourth-order valence-corrected chi connectivity index (χ4v) is 3.86. The average molecular weight is 384 g/mol. The maximum atomic E-state index is 13.1. The van der Waals surface area contributed by atoms with Crippen LogP contribution in [0.2, 0.25) is 0 Å². The van der Waals surface area contributed by atoms with Gasteiger partial charge in [0.2, 0.25) is 5.24 Å². The van der Waals surface area contributed by atoms with E-state index in [1.165, 1.54) is 32.4 Å². The molecule has 0 heterocycles. The number of anilines is 1. The van der Waals surface area contributed by atoms with Crippen LogP contribution < -0.4 is 13.8 Å². The van der Waals surface area contributed by atoms with E-state index >= 15 is 0 Å². The minimum absolute atomic E-state index is 0.0425. The number of sulfonamides is 1. The molecule has 0 atom stereocenters. The first-order valence-corrected chi connectivity index (χ1v) is 9.11. The van der Waals surface area contributed by atoms with E-state index in [2.05, 4.69) is 0 Å². The lowest BCUT2D eigenvalue weighted by Crippen LogP contribution is -2.34. The highest BCUT2D eigenvalue weighted by molar-refractivity contribution is 7.92. The summed E-state index contributed by atoms with van der Waals surface area (Å²) in [6.07, 6.45) is 0. The fourth-order valence-electron chi connectivity index (χ4n) is 2.24. The van der Waals surface area contributed by atoms with E-state index in [1.54, 1.807) is 24.3 Å². The number of carbonyl (C=O) groups excluding carboxylic acids is 1. The van der Waals surface area contributed by atoms with E-state index in [4.69, 9.17) is 21.1 Å². The van der Waals surface area contributed by atoms with Crippen molar-refractivity contribution in [2.75, 3.05) is 25.1 Å². The van der Waals surface area contributed by atoms with E-state index in [0.717, 1.165) is 9.87 Å². The van der Waals surface area contributed by atoms with Crippen molar-refractivity contribution < 1.29 is 22.7 Å². The van der Waals surface area contributed by atoms with Crippen LogP contribution >= 0.6 is 11.6 Å². The molecule has 0 unspecified atom stereocenters. The van der Waals surface area contributed by atoms with Crippen molar-refractivity contribution in [3.8, 4) is 11.5 Å². The molecule has 2 rings (SSSR count). The van der Waals surface area contributed by atoms with Gasteiger partial charge >= 0.3 is 0 Å². The molecule has 2 aromatic rings. The summed E-state index contributed by atoms with van der Waals surface area (Å²) in [6.45, 7) is 1.31. The van der Waals surface area contributed by atoms with Crippen LogP contribution in [0.3, 0.4) is 0 Å². The number of ether oxygens (including phenoxy) is 2. The molecule has 2 aromatic carbocycles. The zero-order valence-electron chi connectivity index (χ0n) is 14.0. The molecule has 0 N–H and O–H groups in total. The number of hydrogen-bond donors (Lipinski definition) is 0. The van der Waals surface area contributed by atoms with Gasteiger partial charge in [-0.1, -0.05) is 17.7 Å². The largest absolute Gasteiger partial charge is 0.497 e. The maximum Gasteiger partial charge on any atom is 0.264 e. The topological polar surface area (TPSA) is 72.9 Å². The highest BCUT2D eigenvalue weighted by Crippen LogP contribution is 2.35. The average Bonchev–Trinajstić information content (AvgIpc) is 2.59. The minimum atomic E-state index is -4.03. The lowest BCUT2D eigenvalue weighted by atomic mass is 10.2. The Morgan fingerprint density at radius 2 is 1.72 bits per heavy atom. The van der Waals surface area contributed by atoms with Crippen LogP contribution in [0.4, 0.5) is 5.69 Å². The van der Waals surface area contributed by atoms with Gasteiger partial charge in [0.15, 0.2) is 0 Å². The SMILES string of the molecule is COc1ccc(OC)c(N(CC(=O)Cl)S(=O)(=O)c2ccc(C)cc2)c1. The Hall–Kier alpha value is -2.25. The number of carbonyl (C=O) groups is 1. The first kappa shape index (κ1) is 19.1. The third-order valence-corrected chi connectivity index (χ3v) is 5.43. The molecule has 0 fully saturated rings. The molecule has 0 amide bonds. The minimum Gasteiger partial charge on any atom is -0.497 e. The third-order valence-electron chi connectivity index (χ3n) is 3.53. The summed E-state index contributed by atoms with van der Waals surface area (Å²) in [7, 11) is -1.17. The Labute approximate surface area is 152 Å². The monoisotopic (exact) mass is 383 g/mol. The van der Waals surface area contributed by atoms with Gasteiger partial charge in [0, 0.05) is 6.07 Å². The van der Waals surface area contributed by atoms with E-state index in [1.807, 2.05) is 6.92 Å². The predicted octanol–water partition coefficient (Wildman–Crippen LogP) is 2.97. The summed E-state index contributed by atoms with van der Waals surface area (Å²) in [5.74, 6) is 0.691. The molecule has 0 aromatic heterocycles. The predicted molar refractivity (Wildman–Crippen MR) is 96.1 cm³/mol. The quantitative estimate of drug-likeness (QED) is 0.687. The highest BCUT2D eigenvalue weighted by atomic mass is 35.5. The van der Waals surface area contributed by atoms with Crippen LogP contribution in [0.1, 0.15) is 5.56 Å². The van der Waals surface area contributed by atoms with E-state index in [0.29, 0.717) is 5.75 Å². The number of hydrogen-bond acceptors (Lipinski definition) is 5. The van der Waals surface area contributed by atoms with Gasteiger partial charge in [-0.3, -0.25) is 9.10 Å². The summed E-state index contributed by atoms with van der Waals surface area (Å²) in [4.78, 5) is 11.5. The molecule has 0 aliphatic rings. The van der Waals surface area contributed by atoms with Crippen molar-refractivity contribution in [3.63, 3.8) is 0 Å². The molecule has 8 heteroatoms. The Morgan fingerprint density at radius 1 is 1.08 bits per heavy atom. The zero-order valence-corrected chi connectivity index (χ0v) is 15.6. The Balaban J connectivity index is 2.64. The van der Waals surface area contributed by atoms with Crippen LogP contribution in [0.25, 0.3) is 0 Å². The molecule has 0 saturated carbocycles. The molecule has 6 nitrogen and oxygen atoms in total. The highest BCUT2D eigenvalue weighted by Gasteiger charge is 2.29. The van der Waals surface area contributed by atoms with Crippen LogP contribution in [0, 0.1) is 6.92 Å². The summed E-state index contributed by atoms with van der Waals surface area (Å²) >= 11 is 5.49. The van der Waals surface area contributed by atoms with E-state index in [-0.39, 0.29) is 16.3 Å². The number of rotatable bonds is 7. The van der Waals surface area contributed by atoms with Crippen molar-refractivity contribution in [2.45, 2.75) is 11.8 Å². The van der Waals surface area contributed by atoms with E-state index < -0.39 is 21.8 Å². The number of aryl methyl sites for hydroxylation is 1. The van der Waals surface area contributed by atoms with Gasteiger partial charge < -0.3 is 9.47 Å². The van der Waals surface area contributed by atoms with Gasteiger partial charge in [-0.25, -0.2) is 8.42 Å². The Bertz CT molecular complexity index is 865. The molecule has 25 heavy (non-hydrogen) atoms. The molecular formula is C17H18ClNO5S. The van der Waals surface area contributed by atoms with Gasteiger partial charge in [0.1, 0.15) is 18.0 Å². The van der Waals surface area contributed by atoms with Gasteiger partial charge in [0.25, 0.3) is 10.0 Å². The smallest absolute Gasteiger partial charge is 0.264 e. The molecule has 0 bridgehead atoms. The Morgan fingerprint density at radius 3 is 2.24 bits per heavy atom. The van der Waals surface area contributed by atoms with Gasteiger partial charge in [-0.15, -0.1) is 0 Å². The lowest BCUT2D eigenvalue weighted by Gasteiger charge is -2.25. The molecule has 0 saturated heterocycles. The summed E-state index contributed by atoms with van der Waals surface area (Å²) in [5.41, 5.74) is 1.08. The van der Waals surface area contributed by atoms with Gasteiger partial charge in [0.05, 0.1) is 24.8 Å². The molecule has 0 aliphatic carbocycles.